The van der Waals surface area contributed by atoms with Crippen molar-refractivity contribution < 1.29 is 18.7 Å². The summed E-state index contributed by atoms with van der Waals surface area (Å²) in [4.78, 5) is 26.4. The summed E-state index contributed by atoms with van der Waals surface area (Å²) in [5.74, 6) is -0.401. The van der Waals surface area contributed by atoms with Crippen molar-refractivity contribution in [3.05, 3.63) is 64.9 Å². The summed E-state index contributed by atoms with van der Waals surface area (Å²) in [6, 6.07) is 13.4. The number of hydrogen-bond donors (Lipinski definition) is 1. The van der Waals surface area contributed by atoms with Gasteiger partial charge >= 0.3 is 0 Å². The molecule has 0 aromatic heterocycles. The summed E-state index contributed by atoms with van der Waals surface area (Å²) in [7, 11) is 0. The highest BCUT2D eigenvalue weighted by Crippen LogP contribution is 2.20. The van der Waals surface area contributed by atoms with Gasteiger partial charge in [0.2, 0.25) is 5.91 Å². The molecule has 1 N–H and O–H groups in total. The zero-order valence-electron chi connectivity index (χ0n) is 15.4. The van der Waals surface area contributed by atoms with Gasteiger partial charge in [0.05, 0.1) is 23.6 Å². The number of carbonyl (C=O) groups is 2. The quantitative estimate of drug-likeness (QED) is 0.799. The van der Waals surface area contributed by atoms with Crippen molar-refractivity contribution in [1.82, 2.24) is 10.2 Å². The molecule has 1 fully saturated rings. The number of nitrogens with one attached hydrogen (secondary N) is 1. The minimum atomic E-state index is -0.643. The van der Waals surface area contributed by atoms with Crippen LogP contribution in [0.2, 0.25) is 5.02 Å². The molecule has 28 heavy (non-hydrogen) atoms. The third-order valence-corrected chi connectivity index (χ3v) is 5.02. The molecule has 2 aromatic rings. The first-order valence-electron chi connectivity index (χ1n) is 9.25. The van der Waals surface area contributed by atoms with E-state index in [1.165, 1.54) is 18.2 Å². The summed E-state index contributed by atoms with van der Waals surface area (Å²) in [5, 5.41) is 2.90. The number of amides is 2. The van der Waals surface area contributed by atoms with E-state index in [0.29, 0.717) is 39.0 Å². The summed E-state index contributed by atoms with van der Waals surface area (Å²) in [5.41, 5.74) is -0.138. The average Bonchev–Trinajstić information content (AvgIpc) is 2.69. The van der Waals surface area contributed by atoms with Crippen LogP contribution in [-0.4, -0.2) is 42.5 Å². The fraction of sp³-hybridized carbons (Fsp3) is 0.333. The molecule has 0 spiro atoms. The summed E-state index contributed by atoms with van der Waals surface area (Å²) < 4.78 is 19.4. The molecular formula is C21H22ClFN2O3. The third-order valence-electron chi connectivity index (χ3n) is 4.70. The SMILES string of the molecule is O=C(NC1CCN(C(=O)CCOc2ccccc2)CC1)c1c(F)cccc1Cl. The zero-order chi connectivity index (χ0) is 19.9. The Morgan fingerprint density at radius 3 is 2.50 bits per heavy atom. The van der Waals surface area contributed by atoms with E-state index in [4.69, 9.17) is 16.3 Å². The minimum Gasteiger partial charge on any atom is -0.493 e. The summed E-state index contributed by atoms with van der Waals surface area (Å²) >= 11 is 5.93. The van der Waals surface area contributed by atoms with Crippen LogP contribution in [0.25, 0.3) is 0 Å². The number of rotatable bonds is 6. The largest absolute Gasteiger partial charge is 0.493 e. The predicted octanol–water partition coefficient (Wildman–Crippen LogP) is 3.67. The van der Waals surface area contributed by atoms with Gasteiger partial charge in [0, 0.05) is 19.1 Å². The molecule has 2 aromatic carbocycles. The molecule has 0 saturated carbocycles. The number of ether oxygens (including phenoxy) is 1. The van der Waals surface area contributed by atoms with Crippen LogP contribution in [0.3, 0.4) is 0 Å². The van der Waals surface area contributed by atoms with Gasteiger partial charge in [-0.25, -0.2) is 4.39 Å². The van der Waals surface area contributed by atoms with Gasteiger partial charge in [0.15, 0.2) is 0 Å². The molecule has 0 radical (unpaired) electrons. The lowest BCUT2D eigenvalue weighted by molar-refractivity contribution is -0.132. The van der Waals surface area contributed by atoms with Gasteiger partial charge in [-0.05, 0) is 37.1 Å². The van der Waals surface area contributed by atoms with Crippen molar-refractivity contribution in [2.45, 2.75) is 25.3 Å². The molecule has 0 atom stereocenters. The Morgan fingerprint density at radius 2 is 1.82 bits per heavy atom. The lowest BCUT2D eigenvalue weighted by Crippen LogP contribution is -2.47. The smallest absolute Gasteiger partial charge is 0.255 e. The van der Waals surface area contributed by atoms with E-state index in [-0.39, 0.29) is 22.5 Å². The minimum absolute atomic E-state index is 0.0258. The Hall–Kier alpha value is -2.60. The lowest BCUT2D eigenvalue weighted by Gasteiger charge is -2.32. The average molecular weight is 405 g/mol. The number of hydrogen-bond acceptors (Lipinski definition) is 3. The maximum atomic E-state index is 13.9. The molecule has 1 saturated heterocycles. The Morgan fingerprint density at radius 1 is 1.11 bits per heavy atom. The Kier molecular flexibility index (Phi) is 6.87. The van der Waals surface area contributed by atoms with Gasteiger partial charge in [-0.15, -0.1) is 0 Å². The highest BCUT2D eigenvalue weighted by molar-refractivity contribution is 6.33. The molecule has 2 amide bonds. The van der Waals surface area contributed by atoms with E-state index < -0.39 is 11.7 Å². The molecule has 0 aliphatic carbocycles. The van der Waals surface area contributed by atoms with Gasteiger partial charge in [0.25, 0.3) is 5.91 Å². The second-order valence-corrected chi connectivity index (χ2v) is 7.04. The second kappa shape index (κ2) is 9.55. The van der Waals surface area contributed by atoms with Crippen LogP contribution in [0, 0.1) is 5.82 Å². The summed E-state index contributed by atoms with van der Waals surface area (Å²) in [6.07, 6.45) is 1.53. The maximum Gasteiger partial charge on any atom is 0.255 e. The van der Waals surface area contributed by atoms with Crippen molar-refractivity contribution in [2.24, 2.45) is 0 Å². The Balaban J connectivity index is 1.42. The molecule has 5 nitrogen and oxygen atoms in total. The van der Waals surface area contributed by atoms with E-state index in [9.17, 15) is 14.0 Å². The number of carbonyl (C=O) groups excluding carboxylic acids is 2. The fourth-order valence-electron chi connectivity index (χ4n) is 3.18. The van der Waals surface area contributed by atoms with E-state index in [1.807, 2.05) is 30.3 Å². The normalized spacial score (nSPS) is 14.6. The highest BCUT2D eigenvalue weighted by atomic mass is 35.5. The van der Waals surface area contributed by atoms with E-state index in [0.717, 1.165) is 5.75 Å². The molecule has 1 aliphatic heterocycles. The number of piperidine rings is 1. The standard InChI is InChI=1S/C21H22ClFN2O3/c22-17-7-4-8-18(23)20(17)21(27)24-15-9-12-25(13-10-15)19(26)11-14-28-16-5-2-1-3-6-16/h1-8,15H,9-14H2,(H,24,27). The molecule has 3 rings (SSSR count). The molecule has 7 heteroatoms. The van der Waals surface area contributed by atoms with E-state index in [2.05, 4.69) is 5.32 Å². The Labute approximate surface area is 168 Å². The Bertz CT molecular complexity index is 803. The van der Waals surface area contributed by atoms with Crippen molar-refractivity contribution in [2.75, 3.05) is 19.7 Å². The van der Waals surface area contributed by atoms with Crippen LogP contribution in [0.1, 0.15) is 29.6 Å². The monoisotopic (exact) mass is 404 g/mol. The van der Waals surface area contributed by atoms with Crippen molar-refractivity contribution in [3.8, 4) is 5.75 Å². The molecule has 0 bridgehead atoms. The predicted molar refractivity (Wildman–Crippen MR) is 105 cm³/mol. The van der Waals surface area contributed by atoms with Crippen LogP contribution >= 0.6 is 11.6 Å². The first kappa shape index (κ1) is 20.1. The van der Waals surface area contributed by atoms with Gasteiger partial charge in [0.1, 0.15) is 11.6 Å². The number of halogens is 2. The van der Waals surface area contributed by atoms with Gasteiger partial charge in [-0.2, -0.15) is 0 Å². The van der Waals surface area contributed by atoms with Crippen LogP contribution < -0.4 is 10.1 Å². The van der Waals surface area contributed by atoms with Crippen LogP contribution in [0.5, 0.6) is 5.75 Å². The zero-order valence-corrected chi connectivity index (χ0v) is 16.1. The number of benzene rings is 2. The third kappa shape index (κ3) is 5.23. The molecular weight excluding hydrogens is 383 g/mol. The van der Waals surface area contributed by atoms with E-state index in [1.54, 1.807) is 4.90 Å². The van der Waals surface area contributed by atoms with Crippen molar-refractivity contribution in [3.63, 3.8) is 0 Å². The first-order valence-corrected chi connectivity index (χ1v) is 9.63. The van der Waals surface area contributed by atoms with E-state index >= 15 is 0 Å². The fourth-order valence-corrected chi connectivity index (χ4v) is 3.43. The van der Waals surface area contributed by atoms with Crippen molar-refractivity contribution in [1.29, 1.82) is 0 Å². The topological polar surface area (TPSA) is 58.6 Å². The van der Waals surface area contributed by atoms with Crippen LogP contribution in [0.15, 0.2) is 48.5 Å². The molecule has 1 aliphatic rings. The molecule has 148 valence electrons. The number of para-hydroxylation sites is 1. The van der Waals surface area contributed by atoms with Gasteiger partial charge in [-0.3, -0.25) is 9.59 Å². The molecule has 1 heterocycles. The molecule has 0 unspecified atom stereocenters. The van der Waals surface area contributed by atoms with Gasteiger partial charge < -0.3 is 15.0 Å². The number of likely N-dealkylation sites (tertiary alicyclic amines) is 1. The lowest BCUT2D eigenvalue weighted by atomic mass is 10.0. The van der Waals surface area contributed by atoms with Crippen LogP contribution in [-0.2, 0) is 4.79 Å². The summed E-state index contributed by atoms with van der Waals surface area (Å²) in [6.45, 7) is 1.41. The van der Waals surface area contributed by atoms with Gasteiger partial charge in [-0.1, -0.05) is 35.9 Å². The second-order valence-electron chi connectivity index (χ2n) is 6.64. The van der Waals surface area contributed by atoms with Crippen LogP contribution in [0.4, 0.5) is 4.39 Å². The maximum absolute atomic E-state index is 13.9. The van der Waals surface area contributed by atoms with Crippen molar-refractivity contribution >= 4 is 23.4 Å². The first-order chi connectivity index (χ1) is 13.5. The number of nitrogens with zero attached hydrogens (tertiary/aromatic N) is 1. The highest BCUT2D eigenvalue weighted by Gasteiger charge is 2.25.